The lowest BCUT2D eigenvalue weighted by molar-refractivity contribution is -0.141. The summed E-state index contributed by atoms with van der Waals surface area (Å²) in [7, 11) is 0. The molecule has 0 aliphatic carbocycles. The Morgan fingerprint density at radius 3 is 2.53 bits per heavy atom. The van der Waals surface area contributed by atoms with E-state index in [1.54, 1.807) is 19.1 Å². The van der Waals surface area contributed by atoms with Gasteiger partial charge in [-0.3, -0.25) is 4.79 Å². The summed E-state index contributed by atoms with van der Waals surface area (Å²) in [5.74, 6) is -1.09. The number of carbonyl (C=O) groups excluding carboxylic acids is 1. The highest BCUT2D eigenvalue weighted by molar-refractivity contribution is 7.99. The number of nitrogens with one attached hydrogen (secondary N) is 1. The molecular formula is C13H16FNO3S. The zero-order valence-corrected chi connectivity index (χ0v) is 11.4. The van der Waals surface area contributed by atoms with Crippen LogP contribution in [0.15, 0.2) is 29.2 Å². The molecule has 0 spiro atoms. The van der Waals surface area contributed by atoms with Crippen LogP contribution in [0.3, 0.4) is 0 Å². The van der Waals surface area contributed by atoms with Gasteiger partial charge < -0.3 is 10.4 Å². The highest BCUT2D eigenvalue weighted by atomic mass is 32.2. The van der Waals surface area contributed by atoms with E-state index < -0.39 is 12.0 Å². The molecule has 1 amide bonds. The Morgan fingerprint density at radius 2 is 2.00 bits per heavy atom. The van der Waals surface area contributed by atoms with Crippen molar-refractivity contribution in [3.8, 4) is 0 Å². The molecule has 0 aliphatic heterocycles. The molecule has 19 heavy (non-hydrogen) atoms. The summed E-state index contributed by atoms with van der Waals surface area (Å²) >= 11 is 1.43. The fourth-order valence-corrected chi connectivity index (χ4v) is 2.25. The maximum absolute atomic E-state index is 12.7. The third-order valence-corrected chi connectivity index (χ3v) is 3.47. The van der Waals surface area contributed by atoms with Gasteiger partial charge in [0.2, 0.25) is 5.91 Å². The Morgan fingerprint density at radius 1 is 1.37 bits per heavy atom. The number of hydrogen-bond acceptors (Lipinski definition) is 3. The van der Waals surface area contributed by atoms with Crippen LogP contribution in [0.25, 0.3) is 0 Å². The molecule has 104 valence electrons. The molecule has 2 N–H and O–H groups in total. The molecule has 6 heteroatoms. The van der Waals surface area contributed by atoms with Crippen LogP contribution in [-0.4, -0.2) is 28.8 Å². The van der Waals surface area contributed by atoms with Crippen molar-refractivity contribution in [1.82, 2.24) is 5.32 Å². The van der Waals surface area contributed by atoms with Crippen molar-refractivity contribution >= 4 is 23.6 Å². The second kappa shape index (κ2) is 7.78. The van der Waals surface area contributed by atoms with Crippen molar-refractivity contribution in [2.45, 2.75) is 30.7 Å². The van der Waals surface area contributed by atoms with Crippen LogP contribution >= 0.6 is 11.8 Å². The molecule has 1 aromatic rings. The zero-order valence-electron chi connectivity index (χ0n) is 10.6. The van der Waals surface area contributed by atoms with Crippen molar-refractivity contribution in [3.63, 3.8) is 0 Å². The van der Waals surface area contributed by atoms with Gasteiger partial charge in [0.1, 0.15) is 11.9 Å². The number of carboxylic acids is 1. The number of carboxylic acid groups (broad SMARTS) is 1. The number of thioether (sulfide) groups is 1. The molecule has 0 saturated heterocycles. The number of amides is 1. The largest absolute Gasteiger partial charge is 0.480 e. The number of aliphatic carboxylic acids is 1. The second-order valence-electron chi connectivity index (χ2n) is 3.92. The van der Waals surface area contributed by atoms with Gasteiger partial charge in [-0.1, -0.05) is 6.92 Å². The van der Waals surface area contributed by atoms with Crippen LogP contribution in [0.5, 0.6) is 0 Å². The highest BCUT2D eigenvalue weighted by Crippen LogP contribution is 2.18. The summed E-state index contributed by atoms with van der Waals surface area (Å²) in [6, 6.07) is 5.18. The van der Waals surface area contributed by atoms with Crippen LogP contribution in [0.2, 0.25) is 0 Å². The molecule has 0 aliphatic rings. The van der Waals surface area contributed by atoms with Gasteiger partial charge >= 0.3 is 5.97 Å². The van der Waals surface area contributed by atoms with E-state index in [1.807, 2.05) is 0 Å². The Balaban J connectivity index is 2.30. The van der Waals surface area contributed by atoms with Gasteiger partial charge in [-0.15, -0.1) is 11.8 Å². The first kappa shape index (κ1) is 15.5. The first-order valence-electron chi connectivity index (χ1n) is 5.93. The number of hydrogen-bond donors (Lipinski definition) is 2. The summed E-state index contributed by atoms with van der Waals surface area (Å²) < 4.78 is 12.7. The molecule has 1 aromatic carbocycles. The van der Waals surface area contributed by atoms with E-state index in [1.165, 1.54) is 23.9 Å². The van der Waals surface area contributed by atoms with E-state index in [9.17, 15) is 14.0 Å². The van der Waals surface area contributed by atoms with Gasteiger partial charge in [0.05, 0.1) is 0 Å². The van der Waals surface area contributed by atoms with Crippen LogP contribution in [0.4, 0.5) is 4.39 Å². The molecule has 0 fully saturated rings. The molecule has 1 rings (SSSR count). The third-order valence-electron chi connectivity index (χ3n) is 2.45. The fraction of sp³-hybridized carbons (Fsp3) is 0.385. The zero-order chi connectivity index (χ0) is 14.3. The van der Waals surface area contributed by atoms with Gasteiger partial charge in [0.25, 0.3) is 0 Å². The SMILES string of the molecule is CC[C@@H](NC(=O)CCSc1ccc(F)cc1)C(=O)O. The number of benzene rings is 1. The topological polar surface area (TPSA) is 66.4 Å². The monoisotopic (exact) mass is 285 g/mol. The molecule has 0 aromatic heterocycles. The minimum absolute atomic E-state index is 0.228. The molecule has 0 radical (unpaired) electrons. The van der Waals surface area contributed by atoms with Gasteiger partial charge in [-0.05, 0) is 30.7 Å². The predicted octanol–water partition coefficient (Wildman–Crippen LogP) is 2.29. The van der Waals surface area contributed by atoms with E-state index in [2.05, 4.69) is 5.32 Å². The Labute approximate surface area is 115 Å². The number of carbonyl (C=O) groups is 2. The standard InChI is InChI=1S/C13H16FNO3S/c1-2-11(13(17)18)15-12(16)7-8-19-10-5-3-9(14)4-6-10/h3-6,11H,2,7-8H2,1H3,(H,15,16)(H,17,18)/t11-/m1/s1. The molecule has 0 saturated carbocycles. The van der Waals surface area contributed by atoms with E-state index in [-0.39, 0.29) is 18.1 Å². The molecular weight excluding hydrogens is 269 g/mol. The van der Waals surface area contributed by atoms with Crippen molar-refractivity contribution in [1.29, 1.82) is 0 Å². The maximum Gasteiger partial charge on any atom is 0.326 e. The van der Waals surface area contributed by atoms with Crippen molar-refractivity contribution in [2.75, 3.05) is 5.75 Å². The Bertz CT molecular complexity index is 436. The summed E-state index contributed by atoms with van der Waals surface area (Å²) in [6.07, 6.45) is 0.581. The number of halogens is 1. The lowest BCUT2D eigenvalue weighted by atomic mass is 10.2. The van der Waals surface area contributed by atoms with Crippen molar-refractivity contribution in [3.05, 3.63) is 30.1 Å². The summed E-state index contributed by atoms with van der Waals surface area (Å²) in [6.45, 7) is 1.70. The van der Waals surface area contributed by atoms with E-state index >= 15 is 0 Å². The van der Waals surface area contributed by atoms with Crippen LogP contribution < -0.4 is 5.32 Å². The van der Waals surface area contributed by atoms with Crippen molar-refractivity contribution in [2.24, 2.45) is 0 Å². The Kier molecular flexibility index (Phi) is 6.35. The first-order valence-corrected chi connectivity index (χ1v) is 6.92. The summed E-state index contributed by atoms with van der Waals surface area (Å²) in [5.41, 5.74) is 0. The average Bonchev–Trinajstić information content (AvgIpc) is 2.38. The van der Waals surface area contributed by atoms with Gasteiger partial charge in [0, 0.05) is 17.1 Å². The quantitative estimate of drug-likeness (QED) is 0.754. The predicted molar refractivity (Wildman–Crippen MR) is 71.6 cm³/mol. The number of rotatable bonds is 7. The Hall–Kier alpha value is -1.56. The van der Waals surface area contributed by atoms with E-state index in [4.69, 9.17) is 5.11 Å². The lowest BCUT2D eigenvalue weighted by Crippen LogP contribution is -2.40. The minimum atomic E-state index is -1.03. The van der Waals surface area contributed by atoms with Gasteiger partial charge in [-0.25, -0.2) is 9.18 Å². The summed E-state index contributed by atoms with van der Waals surface area (Å²) in [4.78, 5) is 23.1. The summed E-state index contributed by atoms with van der Waals surface area (Å²) in [5, 5.41) is 11.2. The normalized spacial score (nSPS) is 11.9. The molecule has 0 bridgehead atoms. The van der Waals surface area contributed by atoms with Gasteiger partial charge in [0.15, 0.2) is 0 Å². The molecule has 0 heterocycles. The highest BCUT2D eigenvalue weighted by Gasteiger charge is 2.16. The van der Waals surface area contributed by atoms with Crippen LogP contribution in [0, 0.1) is 5.82 Å². The molecule has 4 nitrogen and oxygen atoms in total. The van der Waals surface area contributed by atoms with Gasteiger partial charge in [-0.2, -0.15) is 0 Å². The average molecular weight is 285 g/mol. The van der Waals surface area contributed by atoms with Crippen LogP contribution in [0.1, 0.15) is 19.8 Å². The van der Waals surface area contributed by atoms with E-state index in [0.717, 1.165) is 4.90 Å². The minimum Gasteiger partial charge on any atom is -0.480 e. The lowest BCUT2D eigenvalue weighted by Gasteiger charge is -2.11. The molecule has 0 unspecified atom stereocenters. The fourth-order valence-electron chi connectivity index (χ4n) is 1.40. The second-order valence-corrected chi connectivity index (χ2v) is 5.09. The van der Waals surface area contributed by atoms with Crippen molar-refractivity contribution < 1.29 is 19.1 Å². The smallest absolute Gasteiger partial charge is 0.326 e. The molecule has 1 atom stereocenters. The first-order chi connectivity index (χ1) is 9.02. The maximum atomic E-state index is 12.7. The van der Waals surface area contributed by atoms with Crippen LogP contribution in [-0.2, 0) is 9.59 Å². The van der Waals surface area contributed by atoms with E-state index in [0.29, 0.717) is 12.2 Å². The third kappa shape index (κ3) is 5.74.